The molecule has 0 rings (SSSR count). The zero-order valence-corrected chi connectivity index (χ0v) is 8.75. The Morgan fingerprint density at radius 2 is 2.23 bits per heavy atom. The van der Waals surface area contributed by atoms with E-state index in [0.29, 0.717) is 6.61 Å². The van der Waals surface area contributed by atoms with E-state index in [0.717, 1.165) is 13.0 Å². The third-order valence-corrected chi connectivity index (χ3v) is 1.73. The maximum Gasteiger partial charge on any atom is 0.0713 e. The highest BCUT2D eigenvalue weighted by Gasteiger charge is 1.90. The summed E-state index contributed by atoms with van der Waals surface area (Å²) in [6, 6.07) is 0. The molecule has 0 atom stereocenters. The molecule has 0 heterocycles. The lowest BCUT2D eigenvalue weighted by atomic mass is 10.2. The normalized spacial score (nSPS) is 12.3. The molecule has 0 N–H and O–H groups in total. The lowest BCUT2D eigenvalue weighted by Crippen LogP contribution is -1.98. The van der Waals surface area contributed by atoms with Crippen molar-refractivity contribution in [2.45, 2.75) is 26.7 Å². The van der Waals surface area contributed by atoms with Crippen molar-refractivity contribution >= 4 is 0 Å². The highest BCUT2D eigenvalue weighted by molar-refractivity contribution is 5.21. The summed E-state index contributed by atoms with van der Waals surface area (Å²) >= 11 is 0. The Morgan fingerprint density at radius 1 is 1.46 bits per heavy atom. The summed E-state index contributed by atoms with van der Waals surface area (Å²) in [6.07, 6.45) is 10.1. The third-order valence-electron chi connectivity index (χ3n) is 1.73. The standard InChI is InChI=1S/C12H20O/c1-4-7-9-12(6-3)11-13-10-8-5-2/h4,6-7,9H,1,5,8,10-11H2,2-3H3/b9-7-,12-6+. The maximum atomic E-state index is 5.47. The van der Waals surface area contributed by atoms with Gasteiger partial charge >= 0.3 is 0 Å². The molecule has 0 aliphatic carbocycles. The van der Waals surface area contributed by atoms with Crippen molar-refractivity contribution in [3.05, 3.63) is 36.5 Å². The summed E-state index contributed by atoms with van der Waals surface area (Å²) in [4.78, 5) is 0. The van der Waals surface area contributed by atoms with Crippen molar-refractivity contribution in [2.24, 2.45) is 0 Å². The second kappa shape index (κ2) is 9.27. The third kappa shape index (κ3) is 7.54. The van der Waals surface area contributed by atoms with Crippen LogP contribution in [-0.4, -0.2) is 13.2 Å². The van der Waals surface area contributed by atoms with Crippen LogP contribution in [0.5, 0.6) is 0 Å². The molecule has 1 nitrogen and oxygen atoms in total. The Bertz CT molecular complexity index is 178. The smallest absolute Gasteiger partial charge is 0.0713 e. The molecule has 0 fully saturated rings. The number of hydrogen-bond donors (Lipinski definition) is 0. The van der Waals surface area contributed by atoms with Crippen LogP contribution in [0.25, 0.3) is 0 Å². The largest absolute Gasteiger partial charge is 0.377 e. The molecule has 0 aliphatic rings. The SMILES string of the molecule is C=C/C=C\C(=C/C)COCCCC. The van der Waals surface area contributed by atoms with Crippen LogP contribution in [-0.2, 0) is 4.74 Å². The van der Waals surface area contributed by atoms with Crippen LogP contribution in [0.15, 0.2) is 36.5 Å². The molecule has 1 heteroatoms. The molecule has 0 bridgehead atoms. The van der Waals surface area contributed by atoms with Crippen molar-refractivity contribution in [1.82, 2.24) is 0 Å². The molecule has 0 aromatic carbocycles. The summed E-state index contributed by atoms with van der Waals surface area (Å²) in [6.45, 7) is 9.37. The molecule has 0 radical (unpaired) electrons. The van der Waals surface area contributed by atoms with Crippen LogP contribution < -0.4 is 0 Å². The predicted molar refractivity (Wildman–Crippen MR) is 58.8 cm³/mol. The van der Waals surface area contributed by atoms with Gasteiger partial charge in [-0.1, -0.05) is 44.2 Å². The van der Waals surface area contributed by atoms with Gasteiger partial charge in [-0.3, -0.25) is 0 Å². The number of hydrogen-bond acceptors (Lipinski definition) is 1. The minimum Gasteiger partial charge on any atom is -0.377 e. The quantitative estimate of drug-likeness (QED) is 0.430. The second-order valence-electron chi connectivity index (χ2n) is 2.86. The fourth-order valence-electron chi connectivity index (χ4n) is 0.856. The zero-order chi connectivity index (χ0) is 9.94. The lowest BCUT2D eigenvalue weighted by Gasteiger charge is -2.03. The average molecular weight is 180 g/mol. The van der Waals surface area contributed by atoms with Gasteiger partial charge in [-0.15, -0.1) is 0 Å². The van der Waals surface area contributed by atoms with E-state index in [1.807, 2.05) is 19.1 Å². The Kier molecular flexibility index (Phi) is 8.68. The topological polar surface area (TPSA) is 9.23 Å². The summed E-state index contributed by atoms with van der Waals surface area (Å²) in [7, 11) is 0. The van der Waals surface area contributed by atoms with Crippen molar-refractivity contribution in [3.63, 3.8) is 0 Å². The molecule has 0 aliphatic heterocycles. The molecule has 13 heavy (non-hydrogen) atoms. The summed E-state index contributed by atoms with van der Waals surface area (Å²) in [5.74, 6) is 0. The van der Waals surface area contributed by atoms with E-state index in [1.165, 1.54) is 12.0 Å². The van der Waals surface area contributed by atoms with Crippen molar-refractivity contribution < 1.29 is 4.74 Å². The summed E-state index contributed by atoms with van der Waals surface area (Å²) < 4.78 is 5.47. The Morgan fingerprint density at radius 3 is 2.77 bits per heavy atom. The first-order valence-electron chi connectivity index (χ1n) is 4.87. The minimum absolute atomic E-state index is 0.709. The number of ether oxygens (including phenoxy) is 1. The molecule has 74 valence electrons. The van der Waals surface area contributed by atoms with E-state index in [1.54, 1.807) is 6.08 Å². The van der Waals surface area contributed by atoms with Gasteiger partial charge in [0.2, 0.25) is 0 Å². The monoisotopic (exact) mass is 180 g/mol. The highest BCUT2D eigenvalue weighted by Crippen LogP contribution is 1.99. The number of allylic oxidation sites excluding steroid dienone is 3. The van der Waals surface area contributed by atoms with Crippen LogP contribution in [0.1, 0.15) is 26.7 Å². The molecule has 0 saturated heterocycles. The van der Waals surface area contributed by atoms with Gasteiger partial charge < -0.3 is 4.74 Å². The van der Waals surface area contributed by atoms with Crippen LogP contribution in [0.2, 0.25) is 0 Å². The fourth-order valence-corrected chi connectivity index (χ4v) is 0.856. The fraction of sp³-hybridized carbons (Fsp3) is 0.500. The molecule has 0 amide bonds. The van der Waals surface area contributed by atoms with Gasteiger partial charge in [0.05, 0.1) is 6.61 Å². The first-order chi connectivity index (χ1) is 6.35. The molecular weight excluding hydrogens is 160 g/mol. The van der Waals surface area contributed by atoms with Gasteiger partial charge in [-0.25, -0.2) is 0 Å². The van der Waals surface area contributed by atoms with Crippen molar-refractivity contribution in [3.8, 4) is 0 Å². The Balaban J connectivity index is 3.61. The molecule has 0 saturated carbocycles. The van der Waals surface area contributed by atoms with Gasteiger partial charge in [0.1, 0.15) is 0 Å². The van der Waals surface area contributed by atoms with Crippen LogP contribution >= 0.6 is 0 Å². The summed E-state index contributed by atoms with van der Waals surface area (Å²) in [5, 5.41) is 0. The van der Waals surface area contributed by atoms with E-state index >= 15 is 0 Å². The number of unbranched alkanes of at least 4 members (excludes halogenated alkanes) is 1. The second-order valence-corrected chi connectivity index (χ2v) is 2.86. The minimum atomic E-state index is 0.709. The molecular formula is C12H20O. The van der Waals surface area contributed by atoms with Crippen molar-refractivity contribution in [2.75, 3.05) is 13.2 Å². The van der Waals surface area contributed by atoms with Gasteiger partial charge in [0.15, 0.2) is 0 Å². The van der Waals surface area contributed by atoms with E-state index in [2.05, 4.69) is 19.6 Å². The van der Waals surface area contributed by atoms with E-state index in [-0.39, 0.29) is 0 Å². The Hall–Kier alpha value is -0.820. The van der Waals surface area contributed by atoms with E-state index in [9.17, 15) is 0 Å². The predicted octanol–water partition coefficient (Wildman–Crippen LogP) is 3.49. The van der Waals surface area contributed by atoms with Gasteiger partial charge in [0.25, 0.3) is 0 Å². The first kappa shape index (κ1) is 12.2. The highest BCUT2D eigenvalue weighted by atomic mass is 16.5. The summed E-state index contributed by atoms with van der Waals surface area (Å²) in [5.41, 5.74) is 1.20. The lowest BCUT2D eigenvalue weighted by molar-refractivity contribution is 0.154. The molecule has 0 unspecified atom stereocenters. The molecule has 0 aromatic heterocycles. The van der Waals surface area contributed by atoms with Crippen LogP contribution in [0.3, 0.4) is 0 Å². The maximum absolute atomic E-state index is 5.47. The molecule has 0 spiro atoms. The Labute approximate surface area is 81.8 Å². The van der Waals surface area contributed by atoms with E-state index in [4.69, 9.17) is 4.74 Å². The van der Waals surface area contributed by atoms with Crippen molar-refractivity contribution in [1.29, 1.82) is 0 Å². The molecule has 0 aromatic rings. The zero-order valence-electron chi connectivity index (χ0n) is 8.75. The van der Waals surface area contributed by atoms with Crippen LogP contribution in [0, 0.1) is 0 Å². The van der Waals surface area contributed by atoms with Gasteiger partial charge in [-0.2, -0.15) is 0 Å². The average Bonchev–Trinajstić information content (AvgIpc) is 2.17. The number of rotatable bonds is 7. The van der Waals surface area contributed by atoms with Gasteiger partial charge in [-0.05, 0) is 18.9 Å². The first-order valence-corrected chi connectivity index (χ1v) is 4.87. The van der Waals surface area contributed by atoms with E-state index < -0.39 is 0 Å². The van der Waals surface area contributed by atoms with Crippen LogP contribution in [0.4, 0.5) is 0 Å². The van der Waals surface area contributed by atoms with Gasteiger partial charge in [0, 0.05) is 6.61 Å².